The molecule has 2 aliphatic heterocycles. The molecule has 2 fully saturated rings. The highest BCUT2D eigenvalue weighted by atomic mass is 127. The van der Waals surface area contributed by atoms with Gasteiger partial charge in [0.15, 0.2) is 5.96 Å². The van der Waals surface area contributed by atoms with Gasteiger partial charge in [-0.05, 0) is 50.3 Å². The summed E-state index contributed by atoms with van der Waals surface area (Å²) in [5, 5.41) is 3.58. The first-order chi connectivity index (χ1) is 13.3. The van der Waals surface area contributed by atoms with Crippen LogP contribution in [0.1, 0.15) is 32.6 Å². The van der Waals surface area contributed by atoms with Gasteiger partial charge in [0, 0.05) is 58.5 Å². The third-order valence-corrected chi connectivity index (χ3v) is 5.85. The van der Waals surface area contributed by atoms with Crippen LogP contribution in [0.5, 0.6) is 0 Å². The van der Waals surface area contributed by atoms with Gasteiger partial charge in [0.1, 0.15) is 0 Å². The van der Waals surface area contributed by atoms with Crippen LogP contribution in [0.3, 0.4) is 0 Å². The zero-order valence-corrected chi connectivity index (χ0v) is 20.0. The third kappa shape index (κ3) is 7.10. The standard InChI is InChI=1S/C22H37N5.HI/c1-20-9-8-14-27(19-20)22(23-2)24-12-6-7-13-25-15-17-26(18-16-25)21-10-4-3-5-11-21;/h3-5,10-11,20H,6-9,12-19H2,1-2H3,(H,23,24);1H. The molecule has 3 rings (SSSR count). The van der Waals surface area contributed by atoms with Crippen molar-refractivity contribution in [3.63, 3.8) is 0 Å². The molecule has 0 aliphatic carbocycles. The number of hydrogen-bond donors (Lipinski definition) is 1. The summed E-state index contributed by atoms with van der Waals surface area (Å²) in [6.07, 6.45) is 5.11. The van der Waals surface area contributed by atoms with Gasteiger partial charge in [-0.2, -0.15) is 0 Å². The molecule has 5 nitrogen and oxygen atoms in total. The summed E-state index contributed by atoms with van der Waals surface area (Å²) in [6.45, 7) is 11.5. The first kappa shape index (κ1) is 23.3. The van der Waals surface area contributed by atoms with Crippen LogP contribution in [0.25, 0.3) is 0 Å². The molecule has 0 saturated carbocycles. The number of anilines is 1. The van der Waals surface area contributed by atoms with Crippen molar-refractivity contribution in [1.29, 1.82) is 0 Å². The van der Waals surface area contributed by atoms with Crippen molar-refractivity contribution >= 4 is 35.6 Å². The van der Waals surface area contributed by atoms with Crippen molar-refractivity contribution in [1.82, 2.24) is 15.1 Å². The van der Waals surface area contributed by atoms with Gasteiger partial charge in [0.2, 0.25) is 0 Å². The molecule has 1 N–H and O–H groups in total. The van der Waals surface area contributed by atoms with Crippen LogP contribution >= 0.6 is 24.0 Å². The molecule has 0 bridgehead atoms. The first-order valence-electron chi connectivity index (χ1n) is 10.7. The Hall–Kier alpha value is -1.02. The van der Waals surface area contributed by atoms with Gasteiger partial charge in [-0.25, -0.2) is 0 Å². The lowest BCUT2D eigenvalue weighted by molar-refractivity contribution is 0.251. The van der Waals surface area contributed by atoms with Crippen LogP contribution in [-0.4, -0.2) is 75.2 Å². The topological polar surface area (TPSA) is 34.1 Å². The van der Waals surface area contributed by atoms with Gasteiger partial charge >= 0.3 is 0 Å². The second-order valence-electron chi connectivity index (χ2n) is 8.04. The minimum atomic E-state index is 0. The smallest absolute Gasteiger partial charge is 0.193 e. The summed E-state index contributed by atoms with van der Waals surface area (Å²) in [5.74, 6) is 1.88. The Kier molecular flexibility index (Phi) is 10.4. The van der Waals surface area contributed by atoms with E-state index in [0.717, 1.165) is 44.6 Å². The van der Waals surface area contributed by atoms with Gasteiger partial charge in [0.25, 0.3) is 0 Å². The number of para-hydroxylation sites is 1. The van der Waals surface area contributed by atoms with E-state index >= 15 is 0 Å². The maximum Gasteiger partial charge on any atom is 0.193 e. The number of likely N-dealkylation sites (tertiary alicyclic amines) is 1. The summed E-state index contributed by atoms with van der Waals surface area (Å²) in [5.41, 5.74) is 1.36. The number of nitrogens with one attached hydrogen (secondary N) is 1. The number of piperazine rings is 1. The Morgan fingerprint density at radius 1 is 1.07 bits per heavy atom. The van der Waals surface area contributed by atoms with Crippen LogP contribution in [0, 0.1) is 5.92 Å². The van der Waals surface area contributed by atoms with Crippen molar-refractivity contribution < 1.29 is 0 Å². The van der Waals surface area contributed by atoms with Gasteiger partial charge in [-0.15, -0.1) is 24.0 Å². The quantitative estimate of drug-likeness (QED) is 0.281. The number of guanidine groups is 1. The van der Waals surface area contributed by atoms with Crippen molar-refractivity contribution in [2.24, 2.45) is 10.9 Å². The fraction of sp³-hybridized carbons (Fsp3) is 0.682. The maximum absolute atomic E-state index is 4.49. The van der Waals surface area contributed by atoms with Crippen LogP contribution in [-0.2, 0) is 0 Å². The molecule has 158 valence electrons. The number of piperidine rings is 1. The number of benzene rings is 1. The Balaban J connectivity index is 0.00000280. The van der Waals surface area contributed by atoms with E-state index in [1.54, 1.807) is 0 Å². The summed E-state index contributed by atoms with van der Waals surface area (Å²) >= 11 is 0. The number of halogens is 1. The highest BCUT2D eigenvalue weighted by Crippen LogP contribution is 2.16. The van der Waals surface area contributed by atoms with Gasteiger partial charge < -0.3 is 15.1 Å². The summed E-state index contributed by atoms with van der Waals surface area (Å²) in [6, 6.07) is 10.8. The number of aliphatic imine (C=N–C) groups is 1. The van der Waals surface area contributed by atoms with Crippen LogP contribution in [0.2, 0.25) is 0 Å². The largest absolute Gasteiger partial charge is 0.369 e. The van der Waals surface area contributed by atoms with E-state index in [2.05, 4.69) is 62.3 Å². The second-order valence-corrected chi connectivity index (χ2v) is 8.04. The lowest BCUT2D eigenvalue weighted by atomic mass is 10.0. The molecule has 1 unspecified atom stereocenters. The minimum Gasteiger partial charge on any atom is -0.369 e. The second kappa shape index (κ2) is 12.5. The lowest BCUT2D eigenvalue weighted by Gasteiger charge is -2.36. The molecule has 1 aromatic carbocycles. The van der Waals surface area contributed by atoms with Crippen molar-refractivity contribution in [2.75, 3.05) is 64.3 Å². The minimum absolute atomic E-state index is 0. The lowest BCUT2D eigenvalue weighted by Crippen LogP contribution is -2.47. The van der Waals surface area contributed by atoms with E-state index in [1.165, 1.54) is 51.0 Å². The van der Waals surface area contributed by atoms with Gasteiger partial charge in [-0.3, -0.25) is 9.89 Å². The molecule has 0 aromatic heterocycles. The van der Waals surface area contributed by atoms with Crippen LogP contribution in [0.15, 0.2) is 35.3 Å². The van der Waals surface area contributed by atoms with E-state index in [1.807, 2.05) is 7.05 Å². The Labute approximate surface area is 188 Å². The van der Waals surface area contributed by atoms with E-state index < -0.39 is 0 Å². The zero-order valence-electron chi connectivity index (χ0n) is 17.6. The van der Waals surface area contributed by atoms with E-state index in [-0.39, 0.29) is 24.0 Å². The average molecular weight is 499 g/mol. The normalized spacial score (nSPS) is 21.4. The monoisotopic (exact) mass is 499 g/mol. The molecule has 2 aliphatic rings. The molecule has 1 atom stereocenters. The molecular formula is C22H38IN5. The molecule has 0 amide bonds. The van der Waals surface area contributed by atoms with Gasteiger partial charge in [0.05, 0.1) is 0 Å². The molecule has 28 heavy (non-hydrogen) atoms. The van der Waals surface area contributed by atoms with Crippen molar-refractivity contribution in [3.8, 4) is 0 Å². The molecule has 2 saturated heterocycles. The molecule has 1 aromatic rings. The Morgan fingerprint density at radius 2 is 1.82 bits per heavy atom. The molecule has 6 heteroatoms. The number of hydrogen-bond acceptors (Lipinski definition) is 3. The summed E-state index contributed by atoms with van der Waals surface area (Å²) < 4.78 is 0. The molecular weight excluding hydrogens is 461 g/mol. The molecule has 0 radical (unpaired) electrons. The molecule has 0 spiro atoms. The van der Waals surface area contributed by atoms with Crippen molar-refractivity contribution in [2.45, 2.75) is 32.6 Å². The fourth-order valence-corrected chi connectivity index (χ4v) is 4.24. The predicted octanol–water partition coefficient (Wildman–Crippen LogP) is 3.51. The Bertz CT molecular complexity index is 572. The van der Waals surface area contributed by atoms with Crippen LogP contribution in [0.4, 0.5) is 5.69 Å². The highest BCUT2D eigenvalue weighted by Gasteiger charge is 2.19. The number of unbranched alkanes of at least 4 members (excludes halogenated alkanes) is 1. The van der Waals surface area contributed by atoms with E-state index in [0.29, 0.717) is 0 Å². The zero-order chi connectivity index (χ0) is 18.9. The summed E-state index contributed by atoms with van der Waals surface area (Å²) in [4.78, 5) is 12.0. The average Bonchev–Trinajstić information content (AvgIpc) is 2.72. The Morgan fingerprint density at radius 3 is 2.50 bits per heavy atom. The maximum atomic E-state index is 4.49. The number of rotatable bonds is 6. The third-order valence-electron chi connectivity index (χ3n) is 5.85. The number of nitrogens with zero attached hydrogens (tertiary/aromatic N) is 4. The van der Waals surface area contributed by atoms with E-state index in [9.17, 15) is 0 Å². The SMILES string of the molecule is CN=C(NCCCCN1CCN(c2ccccc2)CC1)N1CCCC(C)C1.I. The molecule has 2 heterocycles. The highest BCUT2D eigenvalue weighted by molar-refractivity contribution is 14.0. The van der Waals surface area contributed by atoms with Crippen molar-refractivity contribution in [3.05, 3.63) is 30.3 Å². The fourth-order valence-electron chi connectivity index (χ4n) is 4.24. The van der Waals surface area contributed by atoms with Gasteiger partial charge in [-0.1, -0.05) is 25.1 Å². The summed E-state index contributed by atoms with van der Waals surface area (Å²) in [7, 11) is 1.91. The first-order valence-corrected chi connectivity index (χ1v) is 10.7. The van der Waals surface area contributed by atoms with Crippen LogP contribution < -0.4 is 10.2 Å². The predicted molar refractivity (Wildman–Crippen MR) is 131 cm³/mol. The van der Waals surface area contributed by atoms with E-state index in [4.69, 9.17) is 0 Å².